The van der Waals surface area contributed by atoms with Gasteiger partial charge in [0.1, 0.15) is 12.4 Å². The maximum atomic E-state index is 12.9. The van der Waals surface area contributed by atoms with E-state index < -0.39 is 0 Å². The van der Waals surface area contributed by atoms with Crippen molar-refractivity contribution in [3.8, 4) is 5.75 Å². The molecule has 1 heterocycles. The minimum absolute atomic E-state index is 0.220. The number of esters is 1. The number of unbranched alkanes of at least 4 members (excludes halogenated alkanes) is 1. The lowest BCUT2D eigenvalue weighted by molar-refractivity contribution is -0.140. The van der Waals surface area contributed by atoms with Gasteiger partial charge in [0.15, 0.2) is 5.11 Å². The second kappa shape index (κ2) is 10.1. The summed E-state index contributed by atoms with van der Waals surface area (Å²) >= 11 is 5.30. The quantitative estimate of drug-likeness (QED) is 0.382. The van der Waals surface area contributed by atoms with Crippen molar-refractivity contribution in [3.63, 3.8) is 0 Å². The molecule has 3 rings (SSSR count). The molecule has 0 spiro atoms. The van der Waals surface area contributed by atoms with Crippen LogP contribution in [-0.2, 0) is 16.1 Å². The molecule has 0 aliphatic carbocycles. The lowest BCUT2D eigenvalue weighted by atomic mass is 9.95. The summed E-state index contributed by atoms with van der Waals surface area (Å²) in [4.78, 5) is 12.9. The summed E-state index contributed by atoms with van der Waals surface area (Å²) in [5.74, 6) is 0.440. The van der Waals surface area contributed by atoms with Gasteiger partial charge in [0.05, 0.1) is 18.2 Å². The molecular formula is C23H26N2O3S. The van der Waals surface area contributed by atoms with Crippen molar-refractivity contribution in [3.05, 3.63) is 77.0 Å². The zero-order valence-corrected chi connectivity index (χ0v) is 17.6. The van der Waals surface area contributed by atoms with E-state index in [0.717, 1.165) is 29.7 Å². The van der Waals surface area contributed by atoms with E-state index in [9.17, 15) is 4.79 Å². The van der Waals surface area contributed by atoms with E-state index in [2.05, 4.69) is 17.6 Å². The van der Waals surface area contributed by atoms with Crippen LogP contribution in [0, 0.1) is 0 Å². The van der Waals surface area contributed by atoms with Crippen molar-refractivity contribution >= 4 is 23.3 Å². The summed E-state index contributed by atoms with van der Waals surface area (Å²) in [6, 6.07) is 17.0. The van der Waals surface area contributed by atoms with Gasteiger partial charge in [-0.3, -0.25) is 0 Å². The van der Waals surface area contributed by atoms with Crippen LogP contribution in [0.1, 0.15) is 43.9 Å². The molecule has 152 valence electrons. The smallest absolute Gasteiger partial charge is 0.338 e. The van der Waals surface area contributed by atoms with Crippen molar-refractivity contribution in [2.75, 3.05) is 6.61 Å². The molecule has 6 heteroatoms. The van der Waals surface area contributed by atoms with Crippen LogP contribution in [-0.4, -0.2) is 17.7 Å². The monoisotopic (exact) mass is 410 g/mol. The Bertz CT molecular complexity index is 879. The van der Waals surface area contributed by atoms with Crippen molar-refractivity contribution in [2.45, 2.75) is 39.3 Å². The molecule has 0 amide bonds. The highest BCUT2D eigenvalue weighted by molar-refractivity contribution is 7.80. The molecule has 2 aromatic rings. The van der Waals surface area contributed by atoms with Crippen LogP contribution < -0.4 is 15.4 Å². The van der Waals surface area contributed by atoms with Gasteiger partial charge in [0.2, 0.25) is 0 Å². The second-order valence-corrected chi connectivity index (χ2v) is 7.31. The van der Waals surface area contributed by atoms with Gasteiger partial charge in [-0.1, -0.05) is 55.8 Å². The first-order chi connectivity index (χ1) is 14.1. The highest BCUT2D eigenvalue weighted by atomic mass is 32.1. The third kappa shape index (κ3) is 5.57. The average Bonchev–Trinajstić information content (AvgIpc) is 2.73. The Morgan fingerprint density at radius 1 is 1.10 bits per heavy atom. The van der Waals surface area contributed by atoms with E-state index in [0.29, 0.717) is 23.0 Å². The van der Waals surface area contributed by atoms with Gasteiger partial charge < -0.3 is 20.1 Å². The number of benzene rings is 2. The Hall–Kier alpha value is -2.86. The van der Waals surface area contributed by atoms with Crippen molar-refractivity contribution < 1.29 is 14.3 Å². The fourth-order valence-electron chi connectivity index (χ4n) is 3.11. The van der Waals surface area contributed by atoms with E-state index in [1.807, 2.05) is 61.5 Å². The van der Waals surface area contributed by atoms with Crippen LogP contribution in [0.4, 0.5) is 0 Å². The fraction of sp³-hybridized carbons (Fsp3) is 0.304. The molecule has 5 nitrogen and oxygen atoms in total. The number of allylic oxidation sites excluding steroid dienone is 1. The van der Waals surface area contributed by atoms with E-state index in [-0.39, 0.29) is 18.6 Å². The zero-order valence-electron chi connectivity index (χ0n) is 16.7. The number of carbonyl (C=O) groups is 1. The van der Waals surface area contributed by atoms with E-state index >= 15 is 0 Å². The molecular weight excluding hydrogens is 384 g/mol. The van der Waals surface area contributed by atoms with Crippen LogP contribution in [0.15, 0.2) is 65.9 Å². The lowest BCUT2D eigenvalue weighted by Crippen LogP contribution is -2.45. The summed E-state index contributed by atoms with van der Waals surface area (Å²) in [5, 5.41) is 6.69. The maximum Gasteiger partial charge on any atom is 0.338 e. The van der Waals surface area contributed by atoms with Gasteiger partial charge >= 0.3 is 5.97 Å². The Kier molecular flexibility index (Phi) is 7.25. The molecule has 1 aliphatic rings. The molecule has 0 unspecified atom stereocenters. The minimum Gasteiger partial charge on any atom is -0.494 e. The Labute approximate surface area is 177 Å². The molecule has 2 aromatic carbocycles. The van der Waals surface area contributed by atoms with Gasteiger partial charge in [-0.15, -0.1) is 0 Å². The summed E-state index contributed by atoms with van der Waals surface area (Å²) in [7, 11) is 0. The highest BCUT2D eigenvalue weighted by Crippen LogP contribution is 2.29. The van der Waals surface area contributed by atoms with Gasteiger partial charge in [0, 0.05) is 5.70 Å². The van der Waals surface area contributed by atoms with Crippen LogP contribution in [0.2, 0.25) is 0 Å². The third-order valence-corrected chi connectivity index (χ3v) is 4.90. The van der Waals surface area contributed by atoms with Crippen molar-refractivity contribution in [2.24, 2.45) is 0 Å². The predicted molar refractivity (Wildman–Crippen MR) is 117 cm³/mol. The molecule has 1 aliphatic heterocycles. The number of ether oxygens (including phenoxy) is 2. The van der Waals surface area contributed by atoms with Crippen molar-refractivity contribution in [1.82, 2.24) is 10.6 Å². The maximum absolute atomic E-state index is 12.9. The van der Waals surface area contributed by atoms with Crippen LogP contribution in [0.3, 0.4) is 0 Å². The average molecular weight is 411 g/mol. The second-order valence-electron chi connectivity index (χ2n) is 6.90. The fourth-order valence-corrected chi connectivity index (χ4v) is 3.38. The molecule has 0 aromatic heterocycles. The van der Waals surface area contributed by atoms with Gasteiger partial charge in [-0.05, 0) is 48.8 Å². The molecule has 0 bridgehead atoms. The van der Waals surface area contributed by atoms with Gasteiger partial charge in [-0.25, -0.2) is 4.79 Å². The minimum atomic E-state index is -0.378. The number of rotatable bonds is 8. The topological polar surface area (TPSA) is 59.6 Å². The first-order valence-corrected chi connectivity index (χ1v) is 10.2. The summed E-state index contributed by atoms with van der Waals surface area (Å²) < 4.78 is 11.3. The Balaban J connectivity index is 1.75. The first-order valence-electron chi connectivity index (χ1n) is 9.80. The lowest BCUT2D eigenvalue weighted by Gasteiger charge is -2.30. The molecule has 0 saturated carbocycles. The standard InChI is InChI=1S/C23H26N2O3S/c1-3-4-14-27-19-12-10-18(11-13-19)21-20(16(2)24-23(29)25-21)22(26)28-15-17-8-6-5-7-9-17/h5-13,21H,3-4,14-15H2,1-2H3,(H2,24,25,29)/t21-/m0/s1. The van der Waals surface area contributed by atoms with E-state index in [1.165, 1.54) is 0 Å². The number of nitrogens with one attached hydrogen (secondary N) is 2. The number of hydrogen-bond acceptors (Lipinski definition) is 4. The molecule has 1 atom stereocenters. The molecule has 29 heavy (non-hydrogen) atoms. The van der Waals surface area contributed by atoms with Crippen LogP contribution >= 0.6 is 12.2 Å². The largest absolute Gasteiger partial charge is 0.494 e. The Morgan fingerprint density at radius 2 is 1.83 bits per heavy atom. The third-order valence-electron chi connectivity index (χ3n) is 4.68. The number of carbonyl (C=O) groups excluding carboxylic acids is 1. The normalized spacial score (nSPS) is 16.1. The summed E-state index contributed by atoms with van der Waals surface area (Å²) in [6.45, 7) is 4.88. The van der Waals surface area contributed by atoms with E-state index in [4.69, 9.17) is 21.7 Å². The SMILES string of the molecule is CCCCOc1ccc([C@@H]2NC(=S)NC(C)=C2C(=O)OCc2ccccc2)cc1. The molecule has 0 saturated heterocycles. The van der Waals surface area contributed by atoms with Crippen LogP contribution in [0.25, 0.3) is 0 Å². The van der Waals surface area contributed by atoms with E-state index in [1.54, 1.807) is 0 Å². The number of thiocarbonyl (C=S) groups is 1. The van der Waals surface area contributed by atoms with Gasteiger partial charge in [0.25, 0.3) is 0 Å². The Morgan fingerprint density at radius 3 is 2.52 bits per heavy atom. The zero-order chi connectivity index (χ0) is 20.6. The van der Waals surface area contributed by atoms with Crippen LogP contribution in [0.5, 0.6) is 5.75 Å². The summed E-state index contributed by atoms with van der Waals surface area (Å²) in [6.07, 6.45) is 2.11. The van der Waals surface area contributed by atoms with Gasteiger partial charge in [-0.2, -0.15) is 0 Å². The van der Waals surface area contributed by atoms with Crippen molar-refractivity contribution in [1.29, 1.82) is 0 Å². The molecule has 0 radical (unpaired) electrons. The predicted octanol–water partition coefficient (Wildman–Crippen LogP) is 4.40. The molecule has 0 fully saturated rings. The first kappa shape index (κ1) is 20.9. The highest BCUT2D eigenvalue weighted by Gasteiger charge is 2.31. The molecule has 2 N–H and O–H groups in total. The summed E-state index contributed by atoms with van der Waals surface area (Å²) in [5.41, 5.74) is 3.08. The number of hydrogen-bond donors (Lipinski definition) is 2.